The number of ether oxygens (including phenoxy) is 1. The number of esters is 1. The summed E-state index contributed by atoms with van der Waals surface area (Å²) >= 11 is 15.4. The van der Waals surface area contributed by atoms with E-state index in [0.717, 1.165) is 55.8 Å². The molecule has 4 rings (SSSR count). The number of nitrogens with one attached hydrogen (secondary N) is 2. The number of benzene rings is 1. The predicted octanol–water partition coefficient (Wildman–Crippen LogP) is 5.08. The molecule has 1 aromatic carbocycles. The molecule has 1 spiro atoms. The number of anilines is 1. The number of allylic oxidation sites excluding steroid dienone is 2. The van der Waals surface area contributed by atoms with Crippen molar-refractivity contribution < 1.29 is 23.9 Å². The van der Waals surface area contributed by atoms with Crippen LogP contribution in [0.5, 0.6) is 0 Å². The van der Waals surface area contributed by atoms with Crippen molar-refractivity contribution in [3.63, 3.8) is 0 Å². The molecular formula is C26H26BrCl2N3O5. The molecular weight excluding hydrogens is 585 g/mol. The fraction of sp³-hybridized carbons (Fsp3) is 0.385. The number of amides is 1. The van der Waals surface area contributed by atoms with Crippen molar-refractivity contribution in [1.29, 1.82) is 0 Å². The average Bonchev–Trinajstić information content (AvgIpc) is 2.87. The summed E-state index contributed by atoms with van der Waals surface area (Å²) in [5.74, 6) is -0.860. The summed E-state index contributed by atoms with van der Waals surface area (Å²) < 4.78 is 6.24. The third-order valence-corrected chi connectivity index (χ3v) is 8.10. The highest BCUT2D eigenvalue weighted by Gasteiger charge is 2.53. The lowest BCUT2D eigenvalue weighted by atomic mass is 9.62. The van der Waals surface area contributed by atoms with Crippen molar-refractivity contribution in [3.8, 4) is 0 Å². The topological polar surface area (TPSA) is 111 Å². The number of hydrogen-bond acceptors (Lipinski definition) is 6. The third-order valence-electron chi connectivity index (χ3n) is 6.77. The van der Waals surface area contributed by atoms with Gasteiger partial charge in [-0.1, -0.05) is 54.6 Å². The lowest BCUT2D eigenvalue weighted by Gasteiger charge is -2.46. The van der Waals surface area contributed by atoms with Crippen molar-refractivity contribution in [3.05, 3.63) is 73.2 Å². The largest absolute Gasteiger partial charge is 0.619 e. The lowest BCUT2D eigenvalue weighted by Crippen LogP contribution is -2.53. The summed E-state index contributed by atoms with van der Waals surface area (Å²) in [7, 11) is 0. The Morgan fingerprint density at radius 2 is 1.76 bits per heavy atom. The zero-order valence-corrected chi connectivity index (χ0v) is 23.2. The zero-order valence-electron chi connectivity index (χ0n) is 20.1. The maximum Gasteiger partial charge on any atom is 0.328 e. The number of carbonyl (C=O) groups excluding carboxylic acids is 3. The maximum absolute atomic E-state index is 12.8. The molecule has 0 saturated heterocycles. The van der Waals surface area contributed by atoms with Gasteiger partial charge in [-0.25, -0.2) is 4.79 Å². The van der Waals surface area contributed by atoms with E-state index in [0.29, 0.717) is 21.3 Å². The quantitative estimate of drug-likeness (QED) is 0.245. The molecule has 0 aliphatic heterocycles. The molecule has 2 N–H and O–H groups in total. The average molecular weight is 611 g/mol. The normalized spacial score (nSPS) is 17.2. The van der Waals surface area contributed by atoms with Crippen LogP contribution in [0.2, 0.25) is 10.0 Å². The van der Waals surface area contributed by atoms with Crippen LogP contribution < -0.4 is 15.4 Å². The number of Topliss-reactive ketones (excluding diaryl/α,β-unsaturated/α-hetero) is 1. The second-order valence-electron chi connectivity index (χ2n) is 9.15. The second kappa shape index (κ2) is 11.4. The van der Waals surface area contributed by atoms with Crippen LogP contribution in [0, 0.1) is 10.6 Å². The van der Waals surface area contributed by atoms with E-state index in [4.69, 9.17) is 27.9 Å². The number of ketones is 1. The fourth-order valence-electron chi connectivity index (χ4n) is 4.90. The molecule has 2 aliphatic rings. The van der Waals surface area contributed by atoms with E-state index in [9.17, 15) is 19.6 Å². The Bertz CT molecular complexity index is 1240. The Balaban J connectivity index is 1.48. The van der Waals surface area contributed by atoms with Gasteiger partial charge in [0, 0.05) is 17.8 Å². The van der Waals surface area contributed by atoms with Gasteiger partial charge in [0.25, 0.3) is 5.91 Å². The van der Waals surface area contributed by atoms with Crippen molar-refractivity contribution >= 4 is 62.5 Å². The lowest BCUT2D eigenvalue weighted by molar-refractivity contribution is -0.605. The van der Waals surface area contributed by atoms with Gasteiger partial charge >= 0.3 is 5.97 Å². The minimum absolute atomic E-state index is 0.00313. The number of hydrogen-bond donors (Lipinski definition) is 2. The maximum atomic E-state index is 12.8. The van der Waals surface area contributed by atoms with E-state index in [1.54, 1.807) is 31.2 Å². The van der Waals surface area contributed by atoms with Crippen molar-refractivity contribution in [2.24, 2.45) is 5.41 Å². The first kappa shape index (κ1) is 27.4. The molecule has 1 amide bonds. The van der Waals surface area contributed by atoms with Crippen LogP contribution in [-0.4, -0.2) is 30.3 Å². The monoisotopic (exact) mass is 609 g/mol. The number of nitrogens with zero attached hydrogens (tertiary/aromatic N) is 1. The number of carbonyl (C=O) groups is 3. The standard InChI is InChI=1S/C26H26BrCl2N3O5/c1-2-37-25(35)19(31-22-21(27)23(33)26(22)10-4-3-5-11-26)12-15-6-8-16(9-7-15)30-24(34)20-17(28)13-32(36)14-18(20)29/h6-9,13-14,19,31H,2-5,10-12H2,1H3,(H,30,34)/t19-/m0/s1. The molecule has 1 heterocycles. The molecule has 0 unspecified atom stereocenters. The van der Waals surface area contributed by atoms with Crippen molar-refractivity contribution in [1.82, 2.24) is 5.32 Å². The van der Waals surface area contributed by atoms with E-state index in [-0.39, 0.29) is 28.0 Å². The van der Waals surface area contributed by atoms with Gasteiger partial charge in [0.15, 0.2) is 18.2 Å². The Kier molecular flexibility index (Phi) is 8.46. The first-order valence-electron chi connectivity index (χ1n) is 12.0. The molecule has 11 heteroatoms. The van der Waals surface area contributed by atoms with Crippen LogP contribution in [-0.2, 0) is 20.7 Å². The predicted molar refractivity (Wildman–Crippen MR) is 144 cm³/mol. The number of aromatic nitrogens is 1. The van der Waals surface area contributed by atoms with E-state index < -0.39 is 23.3 Å². The van der Waals surface area contributed by atoms with Crippen LogP contribution in [0.1, 0.15) is 54.9 Å². The highest BCUT2D eigenvalue weighted by atomic mass is 79.9. The molecule has 1 fully saturated rings. The van der Waals surface area contributed by atoms with Gasteiger partial charge in [0.2, 0.25) is 0 Å². The molecule has 2 aromatic rings. The summed E-state index contributed by atoms with van der Waals surface area (Å²) in [5.41, 5.74) is 1.55. The molecule has 0 radical (unpaired) electrons. The minimum Gasteiger partial charge on any atom is -0.619 e. The van der Waals surface area contributed by atoms with Gasteiger partial charge in [-0.15, -0.1) is 0 Å². The molecule has 37 heavy (non-hydrogen) atoms. The van der Waals surface area contributed by atoms with Crippen LogP contribution in [0.3, 0.4) is 0 Å². The van der Waals surface area contributed by atoms with E-state index in [1.807, 2.05) is 0 Å². The van der Waals surface area contributed by atoms with Gasteiger partial charge in [0.05, 0.1) is 22.1 Å². The Hall–Kier alpha value is -2.62. The molecule has 196 valence electrons. The molecule has 1 saturated carbocycles. The summed E-state index contributed by atoms with van der Waals surface area (Å²) in [6.45, 7) is 1.99. The van der Waals surface area contributed by atoms with Crippen molar-refractivity contribution in [2.75, 3.05) is 11.9 Å². The molecule has 0 bridgehead atoms. The summed E-state index contributed by atoms with van der Waals surface area (Å²) in [6.07, 6.45) is 7.03. The van der Waals surface area contributed by atoms with Crippen LogP contribution in [0.15, 0.2) is 46.8 Å². The first-order valence-corrected chi connectivity index (χ1v) is 13.6. The summed E-state index contributed by atoms with van der Waals surface area (Å²) in [4.78, 5) is 38.2. The van der Waals surface area contributed by atoms with Crippen LogP contribution in [0.25, 0.3) is 0 Å². The third kappa shape index (κ3) is 5.63. The Morgan fingerprint density at radius 1 is 1.14 bits per heavy atom. The van der Waals surface area contributed by atoms with Gasteiger partial charge in [-0.05, 0) is 53.4 Å². The van der Waals surface area contributed by atoms with E-state index in [1.165, 1.54) is 0 Å². The zero-order chi connectivity index (χ0) is 26.7. The number of rotatable bonds is 8. The van der Waals surface area contributed by atoms with Gasteiger partial charge in [-0.3, -0.25) is 9.59 Å². The van der Waals surface area contributed by atoms with Crippen molar-refractivity contribution in [2.45, 2.75) is 51.5 Å². The Morgan fingerprint density at radius 3 is 2.35 bits per heavy atom. The van der Waals surface area contributed by atoms with E-state index in [2.05, 4.69) is 26.6 Å². The molecule has 8 nitrogen and oxygen atoms in total. The highest BCUT2D eigenvalue weighted by molar-refractivity contribution is 9.12. The number of pyridine rings is 1. The highest BCUT2D eigenvalue weighted by Crippen LogP contribution is 2.53. The Labute approximate surface area is 233 Å². The molecule has 1 aromatic heterocycles. The van der Waals surface area contributed by atoms with E-state index >= 15 is 0 Å². The summed E-state index contributed by atoms with van der Waals surface area (Å²) in [5, 5.41) is 17.3. The van der Waals surface area contributed by atoms with Gasteiger partial charge < -0.3 is 20.6 Å². The molecule has 2 aliphatic carbocycles. The van der Waals surface area contributed by atoms with Gasteiger partial charge in [0.1, 0.15) is 16.1 Å². The summed E-state index contributed by atoms with van der Waals surface area (Å²) in [6, 6.07) is 6.28. The first-order chi connectivity index (χ1) is 17.7. The number of halogens is 3. The minimum atomic E-state index is -0.685. The SMILES string of the molecule is CCOC(=O)[C@H](Cc1ccc(NC(=O)c2c(Cl)c[n+]([O-])cc2Cl)cc1)NC1=C(Br)C(=O)C12CCCCC2. The smallest absolute Gasteiger partial charge is 0.328 e. The van der Waals surface area contributed by atoms with Crippen LogP contribution >= 0.6 is 39.1 Å². The molecule has 1 atom stereocenters. The van der Waals surface area contributed by atoms with Crippen LogP contribution in [0.4, 0.5) is 5.69 Å². The fourth-order valence-corrected chi connectivity index (χ4v) is 6.39. The van der Waals surface area contributed by atoms with Gasteiger partial charge in [-0.2, -0.15) is 4.73 Å². The second-order valence-corrected chi connectivity index (χ2v) is 10.8.